The molecule has 1 aromatic heterocycles. The second-order valence-corrected chi connectivity index (χ2v) is 2.02. The van der Waals surface area contributed by atoms with E-state index in [-0.39, 0.29) is 5.84 Å². The molecular formula is C6H10N4O. The number of imidazole rings is 1. The van der Waals surface area contributed by atoms with Crippen molar-refractivity contribution in [3.63, 3.8) is 0 Å². The number of nitrogens with zero attached hydrogens (tertiary/aromatic N) is 3. The number of aryl methyl sites for hydroxylation is 1. The number of amidine groups is 1. The van der Waals surface area contributed by atoms with Gasteiger partial charge in [0.25, 0.3) is 0 Å². The van der Waals surface area contributed by atoms with Gasteiger partial charge in [-0.05, 0) is 6.92 Å². The number of nitrogens with two attached hydrogens (primary N) is 1. The minimum absolute atomic E-state index is 0.0388. The van der Waals surface area contributed by atoms with E-state index in [9.17, 15) is 0 Å². The predicted molar refractivity (Wildman–Crippen MR) is 40.4 cm³/mol. The molecule has 0 aliphatic carbocycles. The summed E-state index contributed by atoms with van der Waals surface area (Å²) < 4.78 is 1.79. The maximum Gasteiger partial charge on any atom is 0.206 e. The predicted octanol–water partition coefficient (Wildman–Crippen LogP) is -0.00250. The van der Waals surface area contributed by atoms with Crippen molar-refractivity contribution in [3.05, 3.63) is 18.2 Å². The summed E-state index contributed by atoms with van der Waals surface area (Å²) in [6, 6.07) is 0. The first-order chi connectivity index (χ1) is 5.29. The van der Waals surface area contributed by atoms with Crippen molar-refractivity contribution >= 4 is 5.84 Å². The molecule has 1 rings (SSSR count). The van der Waals surface area contributed by atoms with Gasteiger partial charge in [0.05, 0.1) is 0 Å². The molecule has 0 saturated heterocycles. The highest BCUT2D eigenvalue weighted by molar-refractivity contribution is 5.93. The van der Waals surface area contributed by atoms with Crippen LogP contribution in [0, 0.1) is 0 Å². The van der Waals surface area contributed by atoms with Gasteiger partial charge >= 0.3 is 0 Å². The van der Waals surface area contributed by atoms with E-state index in [1.165, 1.54) is 0 Å². The fraction of sp³-hybridized carbons (Fsp3) is 0.333. The van der Waals surface area contributed by atoms with Gasteiger partial charge < -0.3 is 15.5 Å². The fourth-order valence-electron chi connectivity index (χ4n) is 0.842. The normalized spacial score (nSPS) is 11.9. The maximum absolute atomic E-state index is 8.34. The summed E-state index contributed by atoms with van der Waals surface area (Å²) in [5, 5.41) is 11.2. The lowest BCUT2D eigenvalue weighted by Gasteiger charge is -2.00. The highest BCUT2D eigenvalue weighted by atomic mass is 16.4. The first-order valence-corrected chi connectivity index (χ1v) is 3.28. The lowest BCUT2D eigenvalue weighted by Crippen LogP contribution is -2.19. The Bertz CT molecular complexity index is 265. The third-order valence-corrected chi connectivity index (χ3v) is 1.39. The van der Waals surface area contributed by atoms with E-state index < -0.39 is 0 Å². The largest absolute Gasteiger partial charge is 0.409 e. The molecule has 0 unspecified atom stereocenters. The van der Waals surface area contributed by atoms with Gasteiger partial charge in [0.2, 0.25) is 5.84 Å². The number of hydrogen-bond donors (Lipinski definition) is 2. The van der Waals surface area contributed by atoms with Gasteiger partial charge in [-0.15, -0.1) is 0 Å². The molecule has 3 N–H and O–H groups in total. The fourth-order valence-corrected chi connectivity index (χ4v) is 0.842. The van der Waals surface area contributed by atoms with Crippen LogP contribution in [0.3, 0.4) is 0 Å². The highest BCUT2D eigenvalue weighted by Gasteiger charge is 2.04. The van der Waals surface area contributed by atoms with Gasteiger partial charge in [-0.3, -0.25) is 0 Å². The zero-order chi connectivity index (χ0) is 8.27. The molecule has 1 heterocycles. The quantitative estimate of drug-likeness (QED) is 0.272. The standard InChI is InChI=1S/C6H10N4O/c1-2-10-4-3-8-6(10)5(7)9-11/h3-4,11H,2H2,1H3,(H2,7,9). The monoisotopic (exact) mass is 154 g/mol. The summed E-state index contributed by atoms with van der Waals surface area (Å²) in [4.78, 5) is 3.90. The number of aromatic nitrogens is 2. The third-order valence-electron chi connectivity index (χ3n) is 1.39. The van der Waals surface area contributed by atoms with Gasteiger partial charge in [0, 0.05) is 18.9 Å². The first kappa shape index (κ1) is 7.59. The molecule has 0 atom stereocenters. The van der Waals surface area contributed by atoms with Crippen LogP contribution in [0.15, 0.2) is 17.5 Å². The maximum atomic E-state index is 8.34. The van der Waals surface area contributed by atoms with Gasteiger partial charge in [-0.2, -0.15) is 0 Å². The Morgan fingerprint density at radius 1 is 1.91 bits per heavy atom. The van der Waals surface area contributed by atoms with E-state index in [2.05, 4.69) is 10.1 Å². The molecule has 0 aliphatic heterocycles. The van der Waals surface area contributed by atoms with Crippen molar-refractivity contribution < 1.29 is 5.21 Å². The molecule has 5 heteroatoms. The van der Waals surface area contributed by atoms with Crippen molar-refractivity contribution in [2.24, 2.45) is 10.9 Å². The van der Waals surface area contributed by atoms with Crippen molar-refractivity contribution in [1.82, 2.24) is 9.55 Å². The second kappa shape index (κ2) is 3.05. The SMILES string of the molecule is CCn1ccnc1/C(N)=N/O. The summed E-state index contributed by atoms with van der Waals surface area (Å²) >= 11 is 0. The van der Waals surface area contributed by atoms with Crippen molar-refractivity contribution in [1.29, 1.82) is 0 Å². The number of oxime groups is 1. The van der Waals surface area contributed by atoms with Crippen LogP contribution in [0.4, 0.5) is 0 Å². The van der Waals surface area contributed by atoms with E-state index in [0.29, 0.717) is 5.82 Å². The lowest BCUT2D eigenvalue weighted by molar-refractivity contribution is 0.318. The van der Waals surface area contributed by atoms with E-state index in [1.807, 2.05) is 6.92 Å². The first-order valence-electron chi connectivity index (χ1n) is 3.28. The van der Waals surface area contributed by atoms with Crippen LogP contribution in [-0.2, 0) is 6.54 Å². The Morgan fingerprint density at radius 3 is 3.18 bits per heavy atom. The van der Waals surface area contributed by atoms with Gasteiger partial charge in [-0.25, -0.2) is 4.98 Å². The Labute approximate surface area is 64.1 Å². The zero-order valence-electron chi connectivity index (χ0n) is 6.23. The van der Waals surface area contributed by atoms with E-state index in [4.69, 9.17) is 10.9 Å². The summed E-state index contributed by atoms with van der Waals surface area (Å²) in [5.74, 6) is 0.534. The molecule has 0 aromatic carbocycles. The molecule has 0 saturated carbocycles. The molecular weight excluding hydrogens is 144 g/mol. The minimum atomic E-state index is 0.0388. The van der Waals surface area contributed by atoms with Gasteiger partial charge in [0.15, 0.2) is 5.82 Å². The molecule has 0 fully saturated rings. The second-order valence-electron chi connectivity index (χ2n) is 2.02. The molecule has 1 aromatic rings. The van der Waals surface area contributed by atoms with Crippen molar-refractivity contribution in [2.45, 2.75) is 13.5 Å². The molecule has 11 heavy (non-hydrogen) atoms. The summed E-state index contributed by atoms with van der Waals surface area (Å²) in [6.07, 6.45) is 3.38. The Kier molecular flexibility index (Phi) is 2.10. The van der Waals surface area contributed by atoms with Crippen molar-refractivity contribution in [2.75, 3.05) is 0 Å². The van der Waals surface area contributed by atoms with E-state index in [1.54, 1.807) is 17.0 Å². The number of rotatable bonds is 2. The van der Waals surface area contributed by atoms with Crippen LogP contribution in [0.2, 0.25) is 0 Å². The van der Waals surface area contributed by atoms with Crippen molar-refractivity contribution in [3.8, 4) is 0 Å². The molecule has 60 valence electrons. The van der Waals surface area contributed by atoms with Gasteiger partial charge in [-0.1, -0.05) is 5.16 Å². The third kappa shape index (κ3) is 1.31. The van der Waals surface area contributed by atoms with Crippen LogP contribution in [-0.4, -0.2) is 20.6 Å². The van der Waals surface area contributed by atoms with Crippen LogP contribution >= 0.6 is 0 Å². The summed E-state index contributed by atoms with van der Waals surface area (Å²) in [7, 11) is 0. The lowest BCUT2D eigenvalue weighted by atomic mass is 10.5. The van der Waals surface area contributed by atoms with E-state index >= 15 is 0 Å². The molecule has 0 radical (unpaired) electrons. The Hall–Kier alpha value is -1.52. The zero-order valence-corrected chi connectivity index (χ0v) is 6.23. The Balaban J connectivity index is 3.02. The number of hydrogen-bond acceptors (Lipinski definition) is 3. The smallest absolute Gasteiger partial charge is 0.206 e. The molecule has 5 nitrogen and oxygen atoms in total. The minimum Gasteiger partial charge on any atom is -0.409 e. The average Bonchev–Trinajstić information content (AvgIpc) is 2.50. The Morgan fingerprint density at radius 2 is 2.64 bits per heavy atom. The average molecular weight is 154 g/mol. The van der Waals surface area contributed by atoms with E-state index in [0.717, 1.165) is 6.54 Å². The molecule has 0 bridgehead atoms. The summed E-state index contributed by atoms with van der Waals surface area (Å²) in [5.41, 5.74) is 5.33. The topological polar surface area (TPSA) is 76.4 Å². The summed E-state index contributed by atoms with van der Waals surface area (Å²) in [6.45, 7) is 2.71. The van der Waals surface area contributed by atoms with Crippen LogP contribution < -0.4 is 5.73 Å². The van der Waals surface area contributed by atoms with Crippen LogP contribution in [0.5, 0.6) is 0 Å². The highest BCUT2D eigenvalue weighted by Crippen LogP contribution is 1.95. The molecule has 0 amide bonds. The van der Waals surface area contributed by atoms with Crippen LogP contribution in [0.1, 0.15) is 12.7 Å². The molecule has 0 spiro atoms. The molecule has 0 aliphatic rings. The van der Waals surface area contributed by atoms with Crippen LogP contribution in [0.25, 0.3) is 0 Å². The van der Waals surface area contributed by atoms with Gasteiger partial charge in [0.1, 0.15) is 0 Å².